The van der Waals surface area contributed by atoms with Crippen molar-refractivity contribution < 1.29 is 4.74 Å². The smallest absolute Gasteiger partial charge is 0.0607 e. The van der Waals surface area contributed by atoms with Crippen molar-refractivity contribution in [2.45, 2.75) is 50.3 Å². The molecule has 1 aliphatic heterocycles. The molecule has 2 N–H and O–H groups in total. The zero-order chi connectivity index (χ0) is 13.2. The molecule has 1 heterocycles. The number of ether oxygens (including phenoxy) is 1. The second kappa shape index (κ2) is 5.87. The maximum absolute atomic E-state index is 6.02. The third-order valence-electron chi connectivity index (χ3n) is 5.13. The van der Waals surface area contributed by atoms with Crippen LogP contribution in [0.2, 0.25) is 0 Å². The van der Waals surface area contributed by atoms with E-state index in [-0.39, 0.29) is 5.54 Å². The Hall–Kier alpha value is -0.160. The highest BCUT2D eigenvalue weighted by Crippen LogP contribution is 2.38. The fourth-order valence-corrected chi connectivity index (χ4v) is 3.62. The summed E-state index contributed by atoms with van der Waals surface area (Å²) in [5.74, 6) is 0. The highest BCUT2D eigenvalue weighted by atomic mass is 16.5. The number of nitrogens with two attached hydrogens (primary N) is 1. The third kappa shape index (κ3) is 2.57. The van der Waals surface area contributed by atoms with Crippen molar-refractivity contribution in [3.8, 4) is 0 Å². The minimum Gasteiger partial charge on any atom is -0.381 e. The van der Waals surface area contributed by atoms with Gasteiger partial charge in [0.05, 0.1) is 6.10 Å². The molecule has 0 bridgehead atoms. The first kappa shape index (κ1) is 14.3. The van der Waals surface area contributed by atoms with E-state index in [1.807, 2.05) is 0 Å². The molecule has 2 fully saturated rings. The summed E-state index contributed by atoms with van der Waals surface area (Å²) in [6, 6.07) is 0.727. The number of likely N-dealkylation sites (N-methyl/N-ethyl adjacent to an activating group) is 2. The molecule has 0 aromatic carbocycles. The second-order valence-electron chi connectivity index (χ2n) is 6.00. The molecule has 0 amide bonds. The summed E-state index contributed by atoms with van der Waals surface area (Å²) in [5, 5.41) is 0. The Kier molecular flexibility index (Phi) is 4.64. The van der Waals surface area contributed by atoms with Crippen molar-refractivity contribution in [3.63, 3.8) is 0 Å². The Bertz CT molecular complexity index is 266. The topological polar surface area (TPSA) is 41.7 Å². The van der Waals surface area contributed by atoms with Crippen LogP contribution < -0.4 is 5.73 Å². The van der Waals surface area contributed by atoms with Crippen molar-refractivity contribution >= 4 is 0 Å². The average Bonchev–Trinajstić information content (AvgIpc) is 2.76. The van der Waals surface area contributed by atoms with Crippen LogP contribution in [0.3, 0.4) is 0 Å². The molecule has 1 saturated carbocycles. The van der Waals surface area contributed by atoms with Gasteiger partial charge in [-0.05, 0) is 45.8 Å². The molecule has 0 spiro atoms. The lowest BCUT2D eigenvalue weighted by Gasteiger charge is -2.53. The Morgan fingerprint density at radius 1 is 1.44 bits per heavy atom. The lowest BCUT2D eigenvalue weighted by molar-refractivity contribution is -0.0827. The number of likely N-dealkylation sites (tertiary alicyclic amines) is 1. The number of hydrogen-bond donors (Lipinski definition) is 1. The van der Waals surface area contributed by atoms with Gasteiger partial charge < -0.3 is 10.5 Å². The monoisotopic (exact) mass is 255 g/mol. The summed E-state index contributed by atoms with van der Waals surface area (Å²) in [7, 11) is 4.05. The van der Waals surface area contributed by atoms with Gasteiger partial charge >= 0.3 is 0 Å². The van der Waals surface area contributed by atoms with Gasteiger partial charge in [-0.3, -0.25) is 9.80 Å². The van der Waals surface area contributed by atoms with Gasteiger partial charge in [0.1, 0.15) is 0 Å². The van der Waals surface area contributed by atoms with Crippen molar-refractivity contribution in [1.29, 1.82) is 0 Å². The molecule has 1 atom stereocenters. The van der Waals surface area contributed by atoms with Gasteiger partial charge in [-0.15, -0.1) is 0 Å². The second-order valence-corrected chi connectivity index (χ2v) is 6.00. The molecule has 1 unspecified atom stereocenters. The summed E-state index contributed by atoms with van der Waals surface area (Å²) in [5.41, 5.74) is 6.21. The first-order chi connectivity index (χ1) is 8.65. The Balaban J connectivity index is 1.88. The first-order valence-corrected chi connectivity index (χ1v) is 7.33. The van der Waals surface area contributed by atoms with Gasteiger partial charge in [0.15, 0.2) is 0 Å². The normalized spacial score (nSPS) is 37.2. The van der Waals surface area contributed by atoms with Crippen molar-refractivity contribution in [1.82, 2.24) is 9.80 Å². The minimum absolute atomic E-state index is 0.197. The van der Waals surface area contributed by atoms with E-state index in [1.54, 1.807) is 7.11 Å². The van der Waals surface area contributed by atoms with Crippen molar-refractivity contribution in [2.75, 3.05) is 40.3 Å². The molecule has 0 radical (unpaired) electrons. The number of rotatable bonds is 6. The van der Waals surface area contributed by atoms with E-state index in [0.717, 1.165) is 32.0 Å². The number of hydrogen-bond acceptors (Lipinski definition) is 4. The Labute approximate surface area is 111 Å². The van der Waals surface area contributed by atoms with Crippen LogP contribution in [-0.2, 0) is 4.74 Å². The summed E-state index contributed by atoms with van der Waals surface area (Å²) < 4.78 is 5.41. The molecule has 4 nitrogen and oxygen atoms in total. The van der Waals surface area contributed by atoms with Crippen LogP contribution in [0.1, 0.15) is 32.6 Å². The zero-order valence-corrected chi connectivity index (χ0v) is 12.2. The van der Waals surface area contributed by atoms with E-state index in [2.05, 4.69) is 23.8 Å². The van der Waals surface area contributed by atoms with Crippen LogP contribution >= 0.6 is 0 Å². The van der Waals surface area contributed by atoms with E-state index in [4.69, 9.17) is 10.5 Å². The molecule has 0 aromatic heterocycles. The van der Waals surface area contributed by atoms with Crippen LogP contribution in [0.25, 0.3) is 0 Å². The van der Waals surface area contributed by atoms with E-state index in [1.165, 1.54) is 25.9 Å². The van der Waals surface area contributed by atoms with Gasteiger partial charge in [0.25, 0.3) is 0 Å². The third-order valence-corrected chi connectivity index (χ3v) is 5.13. The largest absolute Gasteiger partial charge is 0.381 e. The maximum atomic E-state index is 6.02. The fraction of sp³-hybridized carbons (Fsp3) is 1.00. The van der Waals surface area contributed by atoms with E-state index < -0.39 is 0 Å². The molecule has 2 aliphatic rings. The quantitative estimate of drug-likeness (QED) is 0.766. The average molecular weight is 255 g/mol. The first-order valence-electron chi connectivity index (χ1n) is 7.33. The van der Waals surface area contributed by atoms with Crippen molar-refractivity contribution in [3.05, 3.63) is 0 Å². The van der Waals surface area contributed by atoms with Gasteiger partial charge in [0, 0.05) is 31.8 Å². The summed E-state index contributed by atoms with van der Waals surface area (Å²) in [4.78, 5) is 5.11. The predicted octanol–water partition coefficient (Wildman–Crippen LogP) is 0.909. The standard InChI is InChI=1S/C14H29N3O/c1-4-17-7-5-6-12(17)10-16(2)14(11-15)8-13(9-14)18-3/h12-13H,4-11,15H2,1-3H3. The SMILES string of the molecule is CCN1CCCC1CN(C)C1(CN)CC(OC)C1. The Morgan fingerprint density at radius 3 is 2.72 bits per heavy atom. The molecule has 4 heteroatoms. The maximum Gasteiger partial charge on any atom is 0.0607 e. The number of nitrogens with zero attached hydrogens (tertiary/aromatic N) is 2. The molecular formula is C14H29N3O. The van der Waals surface area contributed by atoms with Crippen LogP contribution in [0.4, 0.5) is 0 Å². The van der Waals surface area contributed by atoms with Crippen LogP contribution in [0.5, 0.6) is 0 Å². The molecule has 2 rings (SSSR count). The van der Waals surface area contributed by atoms with Crippen LogP contribution in [0.15, 0.2) is 0 Å². The highest BCUT2D eigenvalue weighted by Gasteiger charge is 2.47. The summed E-state index contributed by atoms with van der Waals surface area (Å²) >= 11 is 0. The molecule has 0 aromatic rings. The molecule has 1 saturated heterocycles. The molecule has 18 heavy (non-hydrogen) atoms. The molecular weight excluding hydrogens is 226 g/mol. The predicted molar refractivity (Wildman–Crippen MR) is 74.7 cm³/mol. The lowest BCUT2D eigenvalue weighted by Crippen LogP contribution is -2.64. The van der Waals surface area contributed by atoms with Gasteiger partial charge in [-0.1, -0.05) is 6.92 Å². The van der Waals surface area contributed by atoms with Crippen LogP contribution in [-0.4, -0.2) is 67.8 Å². The van der Waals surface area contributed by atoms with Gasteiger partial charge in [-0.25, -0.2) is 0 Å². The highest BCUT2D eigenvalue weighted by molar-refractivity contribution is 5.04. The molecule has 1 aliphatic carbocycles. The zero-order valence-electron chi connectivity index (χ0n) is 12.2. The fourth-order valence-electron chi connectivity index (χ4n) is 3.62. The minimum atomic E-state index is 0.197. The van der Waals surface area contributed by atoms with E-state index >= 15 is 0 Å². The number of methoxy groups -OCH3 is 1. The van der Waals surface area contributed by atoms with Crippen molar-refractivity contribution in [2.24, 2.45) is 5.73 Å². The van der Waals surface area contributed by atoms with E-state index in [9.17, 15) is 0 Å². The lowest BCUT2D eigenvalue weighted by atomic mass is 9.73. The molecule has 106 valence electrons. The Morgan fingerprint density at radius 2 is 2.17 bits per heavy atom. The summed E-state index contributed by atoms with van der Waals surface area (Å²) in [6.45, 7) is 6.62. The van der Waals surface area contributed by atoms with Gasteiger partial charge in [-0.2, -0.15) is 0 Å². The van der Waals surface area contributed by atoms with Crippen LogP contribution in [0, 0.1) is 0 Å². The van der Waals surface area contributed by atoms with Gasteiger partial charge in [0.2, 0.25) is 0 Å². The van der Waals surface area contributed by atoms with E-state index in [0.29, 0.717) is 6.10 Å². The summed E-state index contributed by atoms with van der Waals surface area (Å²) in [6.07, 6.45) is 5.29.